The van der Waals surface area contributed by atoms with Crippen LogP contribution >= 0.6 is 0 Å². The Morgan fingerprint density at radius 1 is 1.17 bits per heavy atom. The van der Waals surface area contributed by atoms with Crippen LogP contribution in [0.25, 0.3) is 0 Å². The number of aliphatic hydroxyl groups excluding tert-OH is 1. The normalized spacial score (nSPS) is 39.3. The quantitative estimate of drug-likeness (QED) is 0.482. The van der Waals surface area contributed by atoms with Gasteiger partial charge in [-0.3, -0.25) is 0 Å². The fourth-order valence-electron chi connectivity index (χ4n) is 7.27. The van der Waals surface area contributed by atoms with E-state index in [4.69, 9.17) is 0 Å². The van der Waals surface area contributed by atoms with Gasteiger partial charge in [-0.25, -0.2) is 0 Å². The number of hydrogen-bond acceptors (Lipinski definition) is 1. The summed E-state index contributed by atoms with van der Waals surface area (Å²) in [6, 6.07) is 0. The molecule has 164 valence electrons. The van der Waals surface area contributed by atoms with E-state index in [1.165, 1.54) is 56.1 Å². The predicted molar refractivity (Wildman–Crippen MR) is 126 cm³/mol. The van der Waals surface area contributed by atoms with Crippen molar-refractivity contribution >= 4 is 0 Å². The predicted octanol–water partition coefficient (Wildman–Crippen LogP) is 7.87. The Balaban J connectivity index is 1.75. The number of hydrogen-bond donors (Lipinski definition) is 1. The molecular formula is C28H46O. The summed E-state index contributed by atoms with van der Waals surface area (Å²) < 4.78 is 0. The van der Waals surface area contributed by atoms with Crippen molar-refractivity contribution in [1.29, 1.82) is 0 Å². The molecule has 1 heteroatoms. The third-order valence-corrected chi connectivity index (χ3v) is 8.65. The van der Waals surface area contributed by atoms with Crippen LogP contribution in [0.1, 0.15) is 98.8 Å². The first-order chi connectivity index (χ1) is 13.7. The van der Waals surface area contributed by atoms with Crippen molar-refractivity contribution in [3.63, 3.8) is 0 Å². The van der Waals surface area contributed by atoms with E-state index in [9.17, 15) is 5.11 Å². The summed E-state index contributed by atoms with van der Waals surface area (Å²) >= 11 is 0. The minimum atomic E-state index is -0.177. The largest absolute Gasteiger partial charge is 0.393 e. The van der Waals surface area contributed by atoms with Gasteiger partial charge in [0, 0.05) is 0 Å². The molecule has 0 aromatic carbocycles. The topological polar surface area (TPSA) is 20.2 Å². The maximum absolute atomic E-state index is 10.1. The Morgan fingerprint density at radius 3 is 2.66 bits per heavy atom. The number of rotatable bonds is 6. The molecule has 29 heavy (non-hydrogen) atoms. The van der Waals surface area contributed by atoms with E-state index in [2.05, 4.69) is 53.3 Å². The van der Waals surface area contributed by atoms with E-state index >= 15 is 0 Å². The van der Waals surface area contributed by atoms with Gasteiger partial charge in [0.2, 0.25) is 0 Å². The lowest BCUT2D eigenvalue weighted by Gasteiger charge is -2.45. The fraction of sp³-hybridized carbons (Fsp3) is 0.786. The molecule has 3 rings (SSSR count). The second-order valence-electron chi connectivity index (χ2n) is 11.4. The molecule has 3 saturated carbocycles. The molecule has 0 aromatic rings. The van der Waals surface area contributed by atoms with Crippen LogP contribution in [0.15, 0.2) is 35.5 Å². The van der Waals surface area contributed by atoms with E-state index in [-0.39, 0.29) is 6.10 Å². The lowest BCUT2D eigenvalue weighted by atomic mass is 9.60. The van der Waals surface area contributed by atoms with Crippen LogP contribution in [-0.4, -0.2) is 11.2 Å². The second kappa shape index (κ2) is 9.54. The van der Waals surface area contributed by atoms with Crippen molar-refractivity contribution in [2.75, 3.05) is 0 Å². The maximum Gasteiger partial charge on any atom is 0.0583 e. The lowest BCUT2D eigenvalue weighted by Crippen LogP contribution is -2.37. The standard InChI is InChI=1S/C28H46O/c1-19(2)9-7-10-21(4)27-22(5)17-26-23(11-8-16-28(26,27)6)13-14-24-18-25(29)15-12-20(24)3/h13-14,19,21-22,25-27,29H,3,7-12,15-18H2,1-2,4-6H3/b23-13+,24-14+/t21-,22?,25+,26+,27-,28+/m1/s1. The number of aliphatic hydroxyl groups is 1. The van der Waals surface area contributed by atoms with Gasteiger partial charge in [-0.1, -0.05) is 83.8 Å². The van der Waals surface area contributed by atoms with Crippen molar-refractivity contribution < 1.29 is 5.11 Å². The molecule has 3 fully saturated rings. The van der Waals surface area contributed by atoms with E-state index in [1.54, 1.807) is 5.57 Å². The first-order valence-corrected chi connectivity index (χ1v) is 12.5. The molecule has 6 atom stereocenters. The van der Waals surface area contributed by atoms with Crippen molar-refractivity contribution in [2.24, 2.45) is 35.0 Å². The third-order valence-electron chi connectivity index (χ3n) is 8.65. The van der Waals surface area contributed by atoms with Crippen molar-refractivity contribution in [1.82, 2.24) is 0 Å². The summed E-state index contributed by atoms with van der Waals surface area (Å²) in [7, 11) is 0. The van der Waals surface area contributed by atoms with Gasteiger partial charge in [-0.05, 0) is 85.5 Å². The van der Waals surface area contributed by atoms with Crippen LogP contribution in [0.2, 0.25) is 0 Å². The van der Waals surface area contributed by atoms with Gasteiger partial charge < -0.3 is 5.11 Å². The van der Waals surface area contributed by atoms with Gasteiger partial charge in [0.15, 0.2) is 0 Å². The number of allylic oxidation sites excluding steroid dienone is 4. The summed E-state index contributed by atoms with van der Waals surface area (Å²) in [6.45, 7) is 16.7. The van der Waals surface area contributed by atoms with Gasteiger partial charge in [-0.2, -0.15) is 0 Å². The van der Waals surface area contributed by atoms with Gasteiger partial charge >= 0.3 is 0 Å². The Morgan fingerprint density at radius 2 is 1.93 bits per heavy atom. The average molecular weight is 399 g/mol. The minimum Gasteiger partial charge on any atom is -0.393 e. The summed E-state index contributed by atoms with van der Waals surface area (Å²) in [4.78, 5) is 0. The molecular weight excluding hydrogens is 352 g/mol. The molecule has 0 aliphatic heterocycles. The monoisotopic (exact) mass is 398 g/mol. The third kappa shape index (κ3) is 5.09. The maximum atomic E-state index is 10.1. The molecule has 0 bridgehead atoms. The number of fused-ring (bicyclic) bond motifs is 1. The zero-order valence-electron chi connectivity index (χ0n) is 19.8. The zero-order chi connectivity index (χ0) is 21.2. The van der Waals surface area contributed by atoms with Crippen LogP contribution < -0.4 is 0 Å². The lowest BCUT2D eigenvalue weighted by molar-refractivity contribution is 0.0771. The van der Waals surface area contributed by atoms with Crippen molar-refractivity contribution in [3.05, 3.63) is 35.5 Å². The molecule has 3 aliphatic rings. The molecule has 0 aromatic heterocycles. The molecule has 1 unspecified atom stereocenters. The molecule has 0 spiro atoms. The van der Waals surface area contributed by atoms with E-state index in [1.807, 2.05) is 0 Å². The van der Waals surface area contributed by atoms with E-state index in [0.29, 0.717) is 5.41 Å². The van der Waals surface area contributed by atoms with Crippen molar-refractivity contribution in [3.8, 4) is 0 Å². The zero-order valence-corrected chi connectivity index (χ0v) is 19.8. The smallest absolute Gasteiger partial charge is 0.0583 e. The van der Waals surface area contributed by atoms with Crippen LogP contribution in [-0.2, 0) is 0 Å². The highest BCUT2D eigenvalue weighted by Gasteiger charge is 2.53. The SMILES string of the molecule is C=C1CC[C@H](O)C/C1=C\C=C1/CCC[C@@]2(C)[C@H]1CC(C)[C@H]2[C@H](C)CCCC(C)C. The Bertz CT molecular complexity index is 639. The molecule has 0 radical (unpaired) electrons. The highest BCUT2D eigenvalue weighted by molar-refractivity contribution is 5.36. The van der Waals surface area contributed by atoms with Crippen LogP contribution in [0.4, 0.5) is 0 Å². The summed E-state index contributed by atoms with van der Waals surface area (Å²) in [5.41, 5.74) is 4.68. The average Bonchev–Trinajstić information content (AvgIpc) is 2.92. The molecule has 1 N–H and O–H groups in total. The Labute approximate surface area is 180 Å². The molecule has 1 nitrogen and oxygen atoms in total. The van der Waals surface area contributed by atoms with Crippen LogP contribution in [0.3, 0.4) is 0 Å². The summed E-state index contributed by atoms with van der Waals surface area (Å²) in [5, 5.41) is 10.1. The van der Waals surface area contributed by atoms with Crippen LogP contribution in [0, 0.1) is 35.0 Å². The fourth-order valence-corrected chi connectivity index (χ4v) is 7.27. The van der Waals surface area contributed by atoms with Crippen LogP contribution in [0.5, 0.6) is 0 Å². The highest BCUT2D eigenvalue weighted by Crippen LogP contribution is 2.62. The van der Waals surface area contributed by atoms with Gasteiger partial charge in [0.05, 0.1) is 6.10 Å². The molecule has 0 saturated heterocycles. The Kier molecular flexibility index (Phi) is 7.52. The minimum absolute atomic E-state index is 0.177. The molecule has 0 amide bonds. The molecule has 0 heterocycles. The first kappa shape index (κ1) is 22.9. The van der Waals surface area contributed by atoms with E-state index < -0.39 is 0 Å². The van der Waals surface area contributed by atoms with Crippen molar-refractivity contribution in [2.45, 2.75) is 105 Å². The highest BCUT2D eigenvalue weighted by atomic mass is 16.3. The van der Waals surface area contributed by atoms with E-state index in [0.717, 1.165) is 48.9 Å². The summed E-state index contributed by atoms with van der Waals surface area (Å²) in [6.07, 6.45) is 16.7. The molecule has 3 aliphatic carbocycles. The van der Waals surface area contributed by atoms with Gasteiger partial charge in [0.1, 0.15) is 0 Å². The summed E-state index contributed by atoms with van der Waals surface area (Å²) in [5.74, 6) is 4.12. The Hall–Kier alpha value is -0.820. The second-order valence-corrected chi connectivity index (χ2v) is 11.4. The first-order valence-electron chi connectivity index (χ1n) is 12.5. The van der Waals surface area contributed by atoms with Gasteiger partial charge in [0.25, 0.3) is 0 Å². The van der Waals surface area contributed by atoms with Gasteiger partial charge in [-0.15, -0.1) is 0 Å².